The first kappa shape index (κ1) is 8.81. The van der Waals surface area contributed by atoms with Crippen LogP contribution in [-0.2, 0) is 0 Å². The van der Waals surface area contributed by atoms with Gasteiger partial charge in [-0.05, 0) is 30.9 Å². The Balaban J connectivity index is 2.39. The molecule has 1 rings (SSSR count). The van der Waals surface area contributed by atoms with Gasteiger partial charge in [0.15, 0.2) is 0 Å². The molecule has 0 bridgehead atoms. The van der Waals surface area contributed by atoms with E-state index in [-0.39, 0.29) is 7.27 Å². The normalized spacial score (nSPS) is 24.0. The highest BCUT2D eigenvalue weighted by molar-refractivity contribution is 7.85. The summed E-state index contributed by atoms with van der Waals surface area (Å²) in [4.78, 5) is 0. The van der Waals surface area contributed by atoms with Crippen molar-refractivity contribution in [3.8, 4) is 0 Å². The highest BCUT2D eigenvalue weighted by Gasteiger charge is 2.33. The van der Waals surface area contributed by atoms with E-state index < -0.39 is 0 Å². The van der Waals surface area contributed by atoms with Crippen molar-refractivity contribution in [2.45, 2.75) is 50.8 Å². The zero-order chi connectivity index (χ0) is 7.78. The van der Waals surface area contributed by atoms with Gasteiger partial charge in [0, 0.05) is 0 Å². The molecule has 1 aliphatic rings. The lowest BCUT2D eigenvalue weighted by Crippen LogP contribution is -2.22. The SMILES string of the molecule is CC(C)(C)P(Cl)C1CCC1. The molecule has 2 heteroatoms. The molecule has 0 heterocycles. The second kappa shape index (κ2) is 2.99. The summed E-state index contributed by atoms with van der Waals surface area (Å²) >= 11 is 6.32. The van der Waals surface area contributed by atoms with Gasteiger partial charge in [-0.2, -0.15) is 0 Å². The summed E-state index contributed by atoms with van der Waals surface area (Å²) in [7, 11) is -0.224. The predicted octanol–water partition coefficient (Wildman–Crippen LogP) is 3.97. The molecule has 0 N–H and O–H groups in total. The van der Waals surface area contributed by atoms with Crippen molar-refractivity contribution >= 4 is 18.5 Å². The van der Waals surface area contributed by atoms with Crippen molar-refractivity contribution in [3.63, 3.8) is 0 Å². The molecule has 0 amide bonds. The van der Waals surface area contributed by atoms with Crippen molar-refractivity contribution in [1.82, 2.24) is 0 Å². The lowest BCUT2D eigenvalue weighted by atomic mass is 10.00. The van der Waals surface area contributed by atoms with Crippen LogP contribution >= 0.6 is 18.5 Å². The maximum atomic E-state index is 6.32. The van der Waals surface area contributed by atoms with Crippen LogP contribution in [0.3, 0.4) is 0 Å². The summed E-state index contributed by atoms with van der Waals surface area (Å²) in [6.07, 6.45) is 4.17. The third-order valence-corrected chi connectivity index (χ3v) is 6.82. The molecule has 0 aromatic rings. The molecule has 0 aromatic carbocycles. The monoisotopic (exact) mass is 178 g/mol. The Hall–Kier alpha value is 0.720. The molecule has 1 unspecified atom stereocenters. The first-order valence-corrected chi connectivity index (χ1v) is 6.28. The Labute approximate surface area is 69.9 Å². The molecule has 60 valence electrons. The van der Waals surface area contributed by atoms with E-state index in [1.54, 1.807) is 0 Å². The van der Waals surface area contributed by atoms with Crippen LogP contribution in [0.2, 0.25) is 0 Å². The second-order valence-corrected chi connectivity index (χ2v) is 7.85. The van der Waals surface area contributed by atoms with Crippen LogP contribution in [0.15, 0.2) is 0 Å². The average molecular weight is 179 g/mol. The smallest absolute Gasteiger partial charge is 0.00107 e. The lowest BCUT2D eigenvalue weighted by Gasteiger charge is -2.37. The third kappa shape index (κ3) is 1.86. The Bertz CT molecular complexity index is 113. The maximum Gasteiger partial charge on any atom is -0.00107 e. The standard InChI is InChI=1S/C8H16ClP/c1-8(2,3)10(9)7-5-4-6-7/h7H,4-6H2,1-3H3. The van der Waals surface area contributed by atoms with Crippen LogP contribution in [0.5, 0.6) is 0 Å². The van der Waals surface area contributed by atoms with Crippen LogP contribution in [0.1, 0.15) is 40.0 Å². The fraction of sp³-hybridized carbons (Fsp3) is 1.00. The van der Waals surface area contributed by atoms with Gasteiger partial charge in [0.05, 0.1) is 0 Å². The molecule has 0 saturated heterocycles. The van der Waals surface area contributed by atoms with Crippen LogP contribution in [0.4, 0.5) is 0 Å². The zero-order valence-electron chi connectivity index (χ0n) is 7.02. The molecule has 0 aromatic heterocycles. The molecular weight excluding hydrogens is 163 g/mol. The van der Waals surface area contributed by atoms with Crippen molar-refractivity contribution in [3.05, 3.63) is 0 Å². The van der Waals surface area contributed by atoms with Gasteiger partial charge < -0.3 is 0 Å². The van der Waals surface area contributed by atoms with E-state index in [0.717, 1.165) is 5.66 Å². The van der Waals surface area contributed by atoms with Gasteiger partial charge in [-0.3, -0.25) is 0 Å². The molecule has 1 aliphatic carbocycles. The van der Waals surface area contributed by atoms with Gasteiger partial charge in [0.25, 0.3) is 0 Å². The third-order valence-electron chi connectivity index (χ3n) is 2.04. The van der Waals surface area contributed by atoms with E-state index in [0.29, 0.717) is 5.16 Å². The van der Waals surface area contributed by atoms with Gasteiger partial charge in [-0.15, -0.1) is 0 Å². The summed E-state index contributed by atoms with van der Waals surface area (Å²) in [6.45, 7) is 6.76. The minimum atomic E-state index is -0.224. The van der Waals surface area contributed by atoms with Gasteiger partial charge in [-0.25, -0.2) is 0 Å². The van der Waals surface area contributed by atoms with Crippen molar-refractivity contribution in [2.24, 2.45) is 0 Å². The fourth-order valence-electron chi connectivity index (χ4n) is 1.16. The number of hydrogen-bond acceptors (Lipinski definition) is 0. The summed E-state index contributed by atoms with van der Waals surface area (Å²) in [5.41, 5.74) is 0.872. The van der Waals surface area contributed by atoms with Gasteiger partial charge in [0.1, 0.15) is 0 Å². The topological polar surface area (TPSA) is 0 Å². The fourth-order valence-corrected chi connectivity index (χ4v) is 3.66. The highest BCUT2D eigenvalue weighted by Crippen LogP contribution is 2.62. The van der Waals surface area contributed by atoms with Gasteiger partial charge in [-0.1, -0.05) is 38.4 Å². The van der Waals surface area contributed by atoms with Crippen LogP contribution in [0, 0.1) is 0 Å². The Kier molecular flexibility index (Phi) is 2.64. The Morgan fingerprint density at radius 2 is 1.80 bits per heavy atom. The van der Waals surface area contributed by atoms with E-state index in [1.165, 1.54) is 19.3 Å². The Morgan fingerprint density at radius 1 is 1.30 bits per heavy atom. The van der Waals surface area contributed by atoms with Gasteiger partial charge in [0.2, 0.25) is 0 Å². The maximum absolute atomic E-state index is 6.32. The lowest BCUT2D eigenvalue weighted by molar-refractivity contribution is 0.509. The van der Waals surface area contributed by atoms with Crippen molar-refractivity contribution < 1.29 is 0 Å². The van der Waals surface area contributed by atoms with Crippen LogP contribution in [0.25, 0.3) is 0 Å². The minimum Gasteiger partial charge on any atom is -0.0956 e. The van der Waals surface area contributed by atoms with Crippen molar-refractivity contribution in [2.75, 3.05) is 0 Å². The Morgan fingerprint density at radius 3 is 1.90 bits per heavy atom. The molecule has 0 radical (unpaired) electrons. The largest absolute Gasteiger partial charge is 0.0956 e. The van der Waals surface area contributed by atoms with E-state index in [9.17, 15) is 0 Å². The molecular formula is C8H16ClP. The summed E-state index contributed by atoms with van der Waals surface area (Å²) in [5.74, 6) is 0. The molecule has 0 spiro atoms. The molecule has 1 fully saturated rings. The van der Waals surface area contributed by atoms with Crippen LogP contribution < -0.4 is 0 Å². The minimum absolute atomic E-state index is 0.224. The molecule has 1 atom stereocenters. The first-order valence-electron chi connectivity index (χ1n) is 3.97. The molecule has 0 aliphatic heterocycles. The van der Waals surface area contributed by atoms with E-state index in [4.69, 9.17) is 11.2 Å². The summed E-state index contributed by atoms with van der Waals surface area (Å²) < 4.78 is 0. The summed E-state index contributed by atoms with van der Waals surface area (Å²) in [6, 6.07) is 0. The molecule has 1 saturated carbocycles. The average Bonchev–Trinajstić information content (AvgIpc) is 1.57. The zero-order valence-corrected chi connectivity index (χ0v) is 8.67. The number of hydrogen-bond donors (Lipinski definition) is 0. The first-order chi connectivity index (χ1) is 4.52. The predicted molar refractivity (Wildman–Crippen MR) is 50.2 cm³/mol. The quantitative estimate of drug-likeness (QED) is 0.533. The van der Waals surface area contributed by atoms with Gasteiger partial charge >= 0.3 is 0 Å². The van der Waals surface area contributed by atoms with E-state index in [1.807, 2.05) is 0 Å². The molecule has 10 heavy (non-hydrogen) atoms. The number of halogens is 1. The van der Waals surface area contributed by atoms with E-state index in [2.05, 4.69) is 20.8 Å². The second-order valence-electron chi connectivity index (χ2n) is 4.07. The van der Waals surface area contributed by atoms with E-state index >= 15 is 0 Å². The van der Waals surface area contributed by atoms with Crippen molar-refractivity contribution in [1.29, 1.82) is 0 Å². The summed E-state index contributed by atoms with van der Waals surface area (Å²) in [5, 5.41) is 0.363. The van der Waals surface area contributed by atoms with Crippen LogP contribution in [-0.4, -0.2) is 10.8 Å². The number of rotatable bonds is 1. The molecule has 0 nitrogen and oxygen atoms in total. The highest BCUT2D eigenvalue weighted by atomic mass is 35.7.